The van der Waals surface area contributed by atoms with Gasteiger partial charge < -0.3 is 15.1 Å². The zero-order valence-electron chi connectivity index (χ0n) is 10.3. The number of carbonyl (C=O) groups excluding carboxylic acids is 1. The van der Waals surface area contributed by atoms with Crippen molar-refractivity contribution in [3.63, 3.8) is 0 Å². The molecule has 100 valence electrons. The molecule has 2 N–H and O–H groups in total. The lowest BCUT2D eigenvalue weighted by Gasteiger charge is -2.23. The van der Waals surface area contributed by atoms with E-state index in [1.165, 1.54) is 12.1 Å². The van der Waals surface area contributed by atoms with Crippen molar-refractivity contribution >= 4 is 11.9 Å². The molecule has 2 heterocycles. The van der Waals surface area contributed by atoms with Gasteiger partial charge in [0.1, 0.15) is 5.75 Å². The second-order valence-corrected chi connectivity index (χ2v) is 5.24. The predicted molar refractivity (Wildman–Crippen MR) is 66.8 cm³/mol. The first-order chi connectivity index (χ1) is 9.08. The van der Waals surface area contributed by atoms with E-state index < -0.39 is 11.9 Å². The summed E-state index contributed by atoms with van der Waals surface area (Å²) in [6.07, 6.45) is 2.18. The summed E-state index contributed by atoms with van der Waals surface area (Å²) in [6, 6.07) is 6.04. The number of benzene rings is 1. The van der Waals surface area contributed by atoms with Crippen LogP contribution in [-0.2, 0) is 4.79 Å². The molecule has 3 unspecified atom stereocenters. The topological polar surface area (TPSA) is 77.8 Å². The molecule has 2 fully saturated rings. The number of aromatic hydroxyl groups is 1. The molecule has 0 saturated carbocycles. The van der Waals surface area contributed by atoms with Crippen LogP contribution in [0, 0.1) is 5.92 Å². The third-order valence-electron chi connectivity index (χ3n) is 4.18. The molecule has 0 spiro atoms. The third-order valence-corrected chi connectivity index (χ3v) is 4.18. The van der Waals surface area contributed by atoms with Gasteiger partial charge in [0.25, 0.3) is 5.91 Å². The van der Waals surface area contributed by atoms with Crippen molar-refractivity contribution in [2.24, 2.45) is 5.92 Å². The van der Waals surface area contributed by atoms with E-state index in [9.17, 15) is 19.8 Å². The van der Waals surface area contributed by atoms with Crippen molar-refractivity contribution in [1.82, 2.24) is 4.90 Å². The summed E-state index contributed by atoms with van der Waals surface area (Å²) in [5, 5.41) is 18.6. The normalized spacial score (nSPS) is 28.6. The van der Waals surface area contributed by atoms with Gasteiger partial charge in [0.05, 0.1) is 5.92 Å². The summed E-state index contributed by atoms with van der Waals surface area (Å²) >= 11 is 0. The number of phenolic OH excluding ortho intramolecular Hbond substituents is 1. The Morgan fingerprint density at radius 1 is 1.26 bits per heavy atom. The number of rotatable bonds is 2. The van der Waals surface area contributed by atoms with Crippen LogP contribution >= 0.6 is 0 Å². The number of phenols is 1. The third kappa shape index (κ3) is 1.85. The number of amides is 1. The minimum Gasteiger partial charge on any atom is -0.508 e. The summed E-state index contributed by atoms with van der Waals surface area (Å²) in [7, 11) is 0. The molecule has 0 aromatic heterocycles. The second kappa shape index (κ2) is 4.26. The van der Waals surface area contributed by atoms with Crippen LogP contribution in [-0.4, -0.2) is 39.1 Å². The summed E-state index contributed by atoms with van der Waals surface area (Å²) < 4.78 is 0. The van der Waals surface area contributed by atoms with Gasteiger partial charge in [-0.15, -0.1) is 0 Å². The molecular formula is C14H15NO4. The highest BCUT2D eigenvalue weighted by Crippen LogP contribution is 2.42. The van der Waals surface area contributed by atoms with Gasteiger partial charge in [0, 0.05) is 17.6 Å². The highest BCUT2D eigenvalue weighted by atomic mass is 16.4. The number of fused-ring (bicyclic) bond motifs is 2. The maximum atomic E-state index is 12.5. The van der Waals surface area contributed by atoms with E-state index in [2.05, 4.69) is 0 Å². The summed E-state index contributed by atoms with van der Waals surface area (Å²) in [5.41, 5.74) is 0.419. The van der Waals surface area contributed by atoms with Crippen LogP contribution in [0.3, 0.4) is 0 Å². The molecule has 1 aromatic rings. The first-order valence-electron chi connectivity index (χ1n) is 6.42. The fourth-order valence-corrected chi connectivity index (χ4v) is 3.36. The van der Waals surface area contributed by atoms with Crippen molar-refractivity contribution in [3.05, 3.63) is 29.8 Å². The Hall–Kier alpha value is -2.04. The van der Waals surface area contributed by atoms with E-state index in [-0.39, 0.29) is 23.7 Å². The number of hydrogen-bond donors (Lipinski definition) is 2. The van der Waals surface area contributed by atoms with Gasteiger partial charge in [-0.3, -0.25) is 9.59 Å². The Morgan fingerprint density at radius 2 is 2.05 bits per heavy atom. The van der Waals surface area contributed by atoms with Crippen molar-refractivity contribution in [2.75, 3.05) is 0 Å². The number of carbonyl (C=O) groups is 2. The van der Waals surface area contributed by atoms with Crippen LogP contribution < -0.4 is 0 Å². The Bertz CT molecular complexity index is 542. The van der Waals surface area contributed by atoms with Crippen LogP contribution in [0.25, 0.3) is 0 Å². The summed E-state index contributed by atoms with van der Waals surface area (Å²) in [5.74, 6) is -1.39. The molecule has 3 rings (SSSR count). The second-order valence-electron chi connectivity index (χ2n) is 5.24. The highest BCUT2D eigenvalue weighted by molar-refractivity contribution is 5.96. The minimum absolute atomic E-state index is 0.0287. The molecule has 0 radical (unpaired) electrons. The summed E-state index contributed by atoms with van der Waals surface area (Å²) in [6.45, 7) is 0. The Balaban J connectivity index is 1.87. The molecule has 5 nitrogen and oxygen atoms in total. The van der Waals surface area contributed by atoms with Crippen LogP contribution in [0.1, 0.15) is 29.6 Å². The fraction of sp³-hybridized carbons (Fsp3) is 0.429. The quantitative estimate of drug-likeness (QED) is 0.845. The lowest BCUT2D eigenvalue weighted by atomic mass is 9.89. The molecule has 5 heteroatoms. The van der Waals surface area contributed by atoms with Gasteiger partial charge in [-0.2, -0.15) is 0 Å². The maximum Gasteiger partial charge on any atom is 0.308 e. The van der Waals surface area contributed by atoms with Gasteiger partial charge in [0.2, 0.25) is 0 Å². The average Bonchev–Trinajstić information content (AvgIpc) is 2.95. The molecule has 1 aromatic carbocycles. The first-order valence-corrected chi connectivity index (χ1v) is 6.42. The molecular weight excluding hydrogens is 246 g/mol. The highest BCUT2D eigenvalue weighted by Gasteiger charge is 2.51. The van der Waals surface area contributed by atoms with E-state index >= 15 is 0 Å². The maximum absolute atomic E-state index is 12.5. The first kappa shape index (κ1) is 12.0. The van der Waals surface area contributed by atoms with Gasteiger partial charge in [-0.05, 0) is 37.5 Å². The molecule has 2 aliphatic heterocycles. The van der Waals surface area contributed by atoms with Crippen molar-refractivity contribution in [3.8, 4) is 5.75 Å². The van der Waals surface area contributed by atoms with Crippen LogP contribution in [0.4, 0.5) is 0 Å². The number of nitrogens with zero attached hydrogens (tertiary/aromatic N) is 1. The number of aliphatic carboxylic acids is 1. The Labute approximate surface area is 110 Å². The van der Waals surface area contributed by atoms with Crippen molar-refractivity contribution in [1.29, 1.82) is 0 Å². The molecule has 2 saturated heterocycles. The predicted octanol–water partition coefficient (Wildman–Crippen LogP) is 1.47. The SMILES string of the molecule is O=C(O)C1CC2CCC1N2C(=O)c1cccc(O)c1. The molecule has 0 aliphatic carbocycles. The van der Waals surface area contributed by atoms with Gasteiger partial charge in [-0.25, -0.2) is 0 Å². The van der Waals surface area contributed by atoms with Crippen molar-refractivity contribution < 1.29 is 19.8 Å². The zero-order chi connectivity index (χ0) is 13.6. The number of carboxylic acids is 1. The van der Waals surface area contributed by atoms with E-state index in [0.717, 1.165) is 12.8 Å². The molecule has 2 aliphatic rings. The Morgan fingerprint density at radius 3 is 2.68 bits per heavy atom. The minimum atomic E-state index is -0.819. The average molecular weight is 261 g/mol. The van der Waals surface area contributed by atoms with E-state index in [1.54, 1.807) is 17.0 Å². The monoisotopic (exact) mass is 261 g/mol. The van der Waals surface area contributed by atoms with Crippen LogP contribution in [0.5, 0.6) is 5.75 Å². The van der Waals surface area contributed by atoms with Crippen molar-refractivity contribution in [2.45, 2.75) is 31.3 Å². The lowest BCUT2D eigenvalue weighted by Crippen LogP contribution is -2.37. The largest absolute Gasteiger partial charge is 0.508 e. The number of hydrogen-bond acceptors (Lipinski definition) is 3. The fourth-order valence-electron chi connectivity index (χ4n) is 3.36. The lowest BCUT2D eigenvalue weighted by molar-refractivity contribution is -0.142. The molecule has 19 heavy (non-hydrogen) atoms. The van der Waals surface area contributed by atoms with Crippen LogP contribution in [0.2, 0.25) is 0 Å². The molecule has 2 bridgehead atoms. The number of carboxylic acid groups (broad SMARTS) is 1. The van der Waals surface area contributed by atoms with E-state index in [0.29, 0.717) is 12.0 Å². The summed E-state index contributed by atoms with van der Waals surface area (Å²) in [4.78, 5) is 25.3. The molecule has 3 atom stereocenters. The van der Waals surface area contributed by atoms with Crippen LogP contribution in [0.15, 0.2) is 24.3 Å². The van der Waals surface area contributed by atoms with Gasteiger partial charge >= 0.3 is 5.97 Å². The standard InChI is InChI=1S/C14H15NO4/c16-10-3-1-2-8(6-10)13(17)15-9-4-5-12(15)11(7-9)14(18)19/h1-3,6,9,11-12,16H,4-5,7H2,(H,18,19). The zero-order valence-corrected chi connectivity index (χ0v) is 10.3. The smallest absolute Gasteiger partial charge is 0.308 e. The van der Waals surface area contributed by atoms with E-state index in [1.807, 2.05) is 0 Å². The Kier molecular flexibility index (Phi) is 2.69. The van der Waals surface area contributed by atoms with Gasteiger partial charge in [-0.1, -0.05) is 6.07 Å². The molecule has 1 amide bonds. The van der Waals surface area contributed by atoms with E-state index in [4.69, 9.17) is 0 Å². The van der Waals surface area contributed by atoms with Gasteiger partial charge in [0.15, 0.2) is 0 Å².